The molecular weight excluding hydrogens is 367 g/mol. The molecule has 0 amide bonds. The van der Waals surface area contributed by atoms with E-state index in [0.717, 1.165) is 9.13 Å². The number of benzene rings is 2. The molecule has 4 heteroatoms. The quantitative estimate of drug-likeness (QED) is 0.455. The molecular formula is C16H13IO3. The second-order valence-electron chi connectivity index (χ2n) is 4.25. The van der Waals surface area contributed by atoms with Crippen molar-refractivity contribution in [2.45, 2.75) is 6.42 Å². The zero-order valence-electron chi connectivity index (χ0n) is 10.7. The molecule has 0 N–H and O–H groups in total. The average Bonchev–Trinajstić information content (AvgIpc) is 2.48. The number of Topliss-reactive ketones (excluding diaryl/α,β-unsaturated/α-hetero) is 1. The topological polar surface area (TPSA) is 43.4 Å². The Kier molecular flexibility index (Phi) is 5.29. The minimum atomic E-state index is -0.393. The molecule has 0 atom stereocenters. The molecule has 0 aliphatic carbocycles. The first-order valence-electron chi connectivity index (χ1n) is 6.13. The van der Waals surface area contributed by atoms with Gasteiger partial charge in [-0.15, -0.1) is 0 Å². The van der Waals surface area contributed by atoms with Crippen LogP contribution in [0.3, 0.4) is 0 Å². The van der Waals surface area contributed by atoms with Crippen molar-refractivity contribution in [2.75, 3.05) is 6.61 Å². The van der Waals surface area contributed by atoms with Crippen LogP contribution in [0.15, 0.2) is 54.6 Å². The highest BCUT2D eigenvalue weighted by Gasteiger charge is 2.10. The van der Waals surface area contributed by atoms with Crippen LogP contribution in [0.4, 0.5) is 0 Å². The maximum atomic E-state index is 11.8. The third-order valence-corrected chi connectivity index (χ3v) is 3.44. The number of hydrogen-bond acceptors (Lipinski definition) is 3. The molecule has 0 unspecified atom stereocenters. The molecule has 0 spiro atoms. The van der Waals surface area contributed by atoms with Gasteiger partial charge in [-0.1, -0.05) is 42.5 Å². The molecule has 0 aromatic heterocycles. The van der Waals surface area contributed by atoms with Gasteiger partial charge in [0.1, 0.15) is 0 Å². The minimum Gasteiger partial charge on any atom is -0.457 e. The number of hydrogen-bond donors (Lipinski definition) is 0. The summed E-state index contributed by atoms with van der Waals surface area (Å²) in [5.41, 5.74) is 1.43. The first-order chi connectivity index (χ1) is 9.65. The third kappa shape index (κ3) is 4.45. The van der Waals surface area contributed by atoms with Crippen molar-refractivity contribution in [1.29, 1.82) is 0 Å². The summed E-state index contributed by atoms with van der Waals surface area (Å²) < 4.78 is 6.11. The van der Waals surface area contributed by atoms with Gasteiger partial charge in [-0.3, -0.25) is 9.59 Å². The molecule has 0 heterocycles. The van der Waals surface area contributed by atoms with Gasteiger partial charge in [-0.05, 0) is 40.3 Å². The van der Waals surface area contributed by atoms with Crippen molar-refractivity contribution in [3.63, 3.8) is 0 Å². The number of carbonyl (C=O) groups is 2. The number of carbonyl (C=O) groups excluding carboxylic acids is 2. The molecule has 2 aromatic rings. The van der Waals surface area contributed by atoms with Gasteiger partial charge in [0.2, 0.25) is 0 Å². The molecule has 102 valence electrons. The van der Waals surface area contributed by atoms with Crippen molar-refractivity contribution < 1.29 is 14.3 Å². The molecule has 0 fully saturated rings. The Labute approximate surface area is 131 Å². The lowest BCUT2D eigenvalue weighted by molar-refractivity contribution is -0.141. The molecule has 0 bridgehead atoms. The standard InChI is InChI=1S/C16H13IO3/c17-14-8-6-12(7-9-14)10-16(19)20-11-15(18)13-4-2-1-3-5-13/h1-9H,10-11H2. The van der Waals surface area contributed by atoms with E-state index in [1.54, 1.807) is 24.3 Å². The lowest BCUT2D eigenvalue weighted by Gasteiger charge is -2.04. The van der Waals surface area contributed by atoms with Crippen molar-refractivity contribution >= 4 is 34.3 Å². The zero-order chi connectivity index (χ0) is 14.4. The molecule has 0 saturated carbocycles. The van der Waals surface area contributed by atoms with Crippen molar-refractivity contribution in [3.8, 4) is 0 Å². The maximum Gasteiger partial charge on any atom is 0.310 e. The van der Waals surface area contributed by atoms with E-state index in [-0.39, 0.29) is 18.8 Å². The smallest absolute Gasteiger partial charge is 0.310 e. The summed E-state index contributed by atoms with van der Waals surface area (Å²) in [6.07, 6.45) is 0.180. The largest absolute Gasteiger partial charge is 0.457 e. The Bertz CT molecular complexity index is 591. The van der Waals surface area contributed by atoms with Crippen LogP contribution < -0.4 is 0 Å². The molecule has 0 aliphatic rings. The number of rotatable bonds is 5. The molecule has 3 nitrogen and oxygen atoms in total. The highest BCUT2D eigenvalue weighted by Crippen LogP contribution is 2.08. The molecule has 2 aromatic carbocycles. The van der Waals surface area contributed by atoms with Gasteiger partial charge in [-0.2, -0.15) is 0 Å². The van der Waals surface area contributed by atoms with Crippen molar-refractivity contribution in [3.05, 3.63) is 69.3 Å². The summed E-state index contributed by atoms with van der Waals surface area (Å²) in [4.78, 5) is 23.4. The Hall–Kier alpha value is -1.69. The van der Waals surface area contributed by atoms with Crippen LogP contribution >= 0.6 is 22.6 Å². The summed E-state index contributed by atoms with van der Waals surface area (Å²) in [7, 11) is 0. The third-order valence-electron chi connectivity index (χ3n) is 2.72. The lowest BCUT2D eigenvalue weighted by Crippen LogP contribution is -2.15. The van der Waals surface area contributed by atoms with Gasteiger partial charge in [-0.25, -0.2) is 0 Å². The summed E-state index contributed by atoms with van der Waals surface area (Å²) in [5.74, 6) is -0.586. The van der Waals surface area contributed by atoms with Gasteiger partial charge < -0.3 is 4.74 Å². The molecule has 0 aliphatic heterocycles. The molecule has 0 saturated heterocycles. The highest BCUT2D eigenvalue weighted by atomic mass is 127. The van der Waals surface area contributed by atoms with Crippen LogP contribution in [0.1, 0.15) is 15.9 Å². The summed E-state index contributed by atoms with van der Waals surface area (Å²) in [5, 5.41) is 0. The van der Waals surface area contributed by atoms with Crippen LogP contribution in [0.2, 0.25) is 0 Å². The van der Waals surface area contributed by atoms with Gasteiger partial charge in [0, 0.05) is 9.13 Å². The van der Waals surface area contributed by atoms with Gasteiger partial charge in [0.15, 0.2) is 12.4 Å². The lowest BCUT2D eigenvalue weighted by atomic mass is 10.1. The zero-order valence-corrected chi connectivity index (χ0v) is 12.9. The molecule has 0 radical (unpaired) electrons. The van der Waals surface area contributed by atoms with E-state index in [2.05, 4.69) is 22.6 Å². The van der Waals surface area contributed by atoms with Crippen molar-refractivity contribution in [2.24, 2.45) is 0 Å². The Balaban J connectivity index is 1.83. The molecule has 2 rings (SSSR count). The number of ketones is 1. The van der Waals surface area contributed by atoms with E-state index in [9.17, 15) is 9.59 Å². The van der Waals surface area contributed by atoms with E-state index in [0.29, 0.717) is 5.56 Å². The monoisotopic (exact) mass is 380 g/mol. The SMILES string of the molecule is O=C(Cc1ccc(I)cc1)OCC(=O)c1ccccc1. The minimum absolute atomic E-state index is 0.180. The fraction of sp³-hybridized carbons (Fsp3) is 0.125. The number of ether oxygens (including phenoxy) is 1. The Morgan fingerprint density at radius 3 is 2.25 bits per heavy atom. The maximum absolute atomic E-state index is 11.8. The summed E-state index contributed by atoms with van der Waals surface area (Å²) in [6, 6.07) is 16.4. The fourth-order valence-electron chi connectivity index (χ4n) is 1.67. The van der Waals surface area contributed by atoms with E-state index < -0.39 is 5.97 Å². The second-order valence-corrected chi connectivity index (χ2v) is 5.50. The number of esters is 1. The predicted octanol–water partition coefficient (Wildman–Crippen LogP) is 3.26. The van der Waals surface area contributed by atoms with Gasteiger partial charge in [0.25, 0.3) is 0 Å². The van der Waals surface area contributed by atoms with Crippen molar-refractivity contribution in [1.82, 2.24) is 0 Å². The van der Waals surface area contributed by atoms with Crippen LogP contribution in [0.25, 0.3) is 0 Å². The van der Waals surface area contributed by atoms with E-state index in [4.69, 9.17) is 4.74 Å². The molecule has 20 heavy (non-hydrogen) atoms. The van der Waals surface area contributed by atoms with E-state index in [1.807, 2.05) is 30.3 Å². The van der Waals surface area contributed by atoms with Crippen LogP contribution in [-0.2, 0) is 16.0 Å². The normalized spacial score (nSPS) is 10.1. The van der Waals surface area contributed by atoms with Crippen LogP contribution in [0.5, 0.6) is 0 Å². The number of halogens is 1. The summed E-state index contributed by atoms with van der Waals surface area (Å²) in [6.45, 7) is -0.215. The first kappa shape index (κ1) is 14.7. The van der Waals surface area contributed by atoms with Gasteiger partial charge >= 0.3 is 5.97 Å². The Morgan fingerprint density at radius 1 is 0.950 bits per heavy atom. The van der Waals surface area contributed by atoms with E-state index >= 15 is 0 Å². The Morgan fingerprint density at radius 2 is 1.60 bits per heavy atom. The fourth-order valence-corrected chi connectivity index (χ4v) is 2.03. The van der Waals surface area contributed by atoms with Crippen LogP contribution in [0, 0.1) is 3.57 Å². The average molecular weight is 380 g/mol. The second kappa shape index (κ2) is 7.19. The van der Waals surface area contributed by atoms with Crippen LogP contribution in [-0.4, -0.2) is 18.4 Å². The van der Waals surface area contributed by atoms with E-state index in [1.165, 1.54) is 0 Å². The van der Waals surface area contributed by atoms with Gasteiger partial charge in [0.05, 0.1) is 6.42 Å². The summed E-state index contributed by atoms with van der Waals surface area (Å²) >= 11 is 2.20. The first-order valence-corrected chi connectivity index (χ1v) is 7.21. The predicted molar refractivity (Wildman–Crippen MR) is 84.6 cm³/mol. The highest BCUT2D eigenvalue weighted by molar-refractivity contribution is 14.1.